The molecule has 1 amide bonds. The van der Waals surface area contributed by atoms with Crippen molar-refractivity contribution in [2.24, 2.45) is 4.99 Å². The summed E-state index contributed by atoms with van der Waals surface area (Å²) in [7, 11) is 1.75. The lowest BCUT2D eigenvalue weighted by atomic mass is 10.1. The minimum absolute atomic E-state index is 0. The number of nitrogens with zero attached hydrogens (tertiary/aromatic N) is 2. The number of halogens is 1. The number of rotatable bonds is 8. The molecule has 0 aliphatic carbocycles. The molecule has 0 radical (unpaired) electrons. The average Bonchev–Trinajstić information content (AvgIpc) is 3.16. The first kappa shape index (κ1) is 22.0. The predicted molar refractivity (Wildman–Crippen MR) is 117 cm³/mol. The molecular formula is C19H28IN5O. The number of aromatic nitrogens is 1. The number of carbonyl (C=O) groups is 1. The van der Waals surface area contributed by atoms with E-state index >= 15 is 0 Å². The monoisotopic (exact) mass is 469 g/mol. The number of amides is 1. The van der Waals surface area contributed by atoms with Gasteiger partial charge in [0, 0.05) is 51.2 Å². The Hall–Kier alpha value is -2.03. The molecule has 0 spiro atoms. The Kier molecular flexibility index (Phi) is 10.5. The van der Waals surface area contributed by atoms with E-state index < -0.39 is 0 Å². The van der Waals surface area contributed by atoms with Crippen molar-refractivity contribution in [3.05, 3.63) is 59.9 Å². The van der Waals surface area contributed by atoms with Crippen LogP contribution in [0.5, 0.6) is 0 Å². The summed E-state index contributed by atoms with van der Waals surface area (Å²) in [6.07, 6.45) is 5.00. The number of benzene rings is 1. The smallest absolute Gasteiger partial charge is 0.251 e. The van der Waals surface area contributed by atoms with Crippen LogP contribution in [-0.2, 0) is 13.1 Å². The lowest BCUT2D eigenvalue weighted by Gasteiger charge is -2.13. The number of guanidine groups is 1. The van der Waals surface area contributed by atoms with Crippen molar-refractivity contribution in [1.82, 2.24) is 20.5 Å². The summed E-state index contributed by atoms with van der Waals surface area (Å²) in [5.74, 6) is 0.714. The Bertz CT molecular complexity index is 685. The van der Waals surface area contributed by atoms with E-state index in [0.717, 1.165) is 31.0 Å². The predicted octanol–water partition coefficient (Wildman–Crippen LogP) is 2.61. The van der Waals surface area contributed by atoms with Gasteiger partial charge in [0.1, 0.15) is 0 Å². The molecule has 7 heteroatoms. The third-order valence-corrected chi connectivity index (χ3v) is 3.74. The van der Waals surface area contributed by atoms with Crippen LogP contribution < -0.4 is 16.0 Å². The van der Waals surface area contributed by atoms with Crippen LogP contribution in [0.3, 0.4) is 0 Å². The first-order valence-corrected chi connectivity index (χ1v) is 8.65. The van der Waals surface area contributed by atoms with Gasteiger partial charge in [0.05, 0.1) is 0 Å². The second-order valence-electron chi connectivity index (χ2n) is 5.73. The van der Waals surface area contributed by atoms with Crippen molar-refractivity contribution in [2.75, 3.05) is 20.1 Å². The maximum atomic E-state index is 12.0. The van der Waals surface area contributed by atoms with Gasteiger partial charge in [-0.15, -0.1) is 24.0 Å². The van der Waals surface area contributed by atoms with Gasteiger partial charge >= 0.3 is 0 Å². The summed E-state index contributed by atoms with van der Waals surface area (Å²) >= 11 is 0. The van der Waals surface area contributed by atoms with E-state index in [0.29, 0.717) is 18.7 Å². The third kappa shape index (κ3) is 7.47. The molecule has 26 heavy (non-hydrogen) atoms. The summed E-state index contributed by atoms with van der Waals surface area (Å²) in [6, 6.07) is 11.7. The number of carbonyl (C=O) groups excluding carboxylic acids is 1. The normalized spacial score (nSPS) is 10.8. The first-order chi connectivity index (χ1) is 12.2. The average molecular weight is 469 g/mol. The van der Waals surface area contributed by atoms with Crippen molar-refractivity contribution in [3.8, 4) is 0 Å². The molecule has 0 aliphatic rings. The maximum absolute atomic E-state index is 12.0. The molecule has 0 atom stereocenters. The number of aliphatic imine (C=N–C) groups is 1. The first-order valence-electron chi connectivity index (χ1n) is 8.65. The van der Waals surface area contributed by atoms with E-state index in [2.05, 4.69) is 25.5 Å². The topological polar surface area (TPSA) is 70.4 Å². The molecule has 0 saturated carbocycles. The molecule has 6 nitrogen and oxygen atoms in total. The molecular weight excluding hydrogens is 441 g/mol. The Morgan fingerprint density at radius 3 is 2.54 bits per heavy atom. The lowest BCUT2D eigenvalue weighted by Crippen LogP contribution is -2.38. The van der Waals surface area contributed by atoms with Crippen LogP contribution in [0.15, 0.2) is 53.8 Å². The number of nitrogens with one attached hydrogen (secondary N) is 3. The number of hydrogen-bond acceptors (Lipinski definition) is 2. The number of hydrogen-bond donors (Lipinski definition) is 3. The second kappa shape index (κ2) is 12.3. The molecule has 1 aromatic heterocycles. The highest BCUT2D eigenvalue weighted by molar-refractivity contribution is 14.0. The van der Waals surface area contributed by atoms with Crippen molar-refractivity contribution in [1.29, 1.82) is 0 Å². The van der Waals surface area contributed by atoms with Crippen molar-refractivity contribution < 1.29 is 4.79 Å². The fourth-order valence-electron chi connectivity index (χ4n) is 2.39. The quantitative estimate of drug-likeness (QED) is 0.316. The van der Waals surface area contributed by atoms with Crippen LogP contribution >= 0.6 is 24.0 Å². The highest BCUT2D eigenvalue weighted by Crippen LogP contribution is 2.05. The fraction of sp³-hybridized carbons (Fsp3) is 0.368. The van der Waals surface area contributed by atoms with Gasteiger partial charge in [-0.05, 0) is 36.2 Å². The van der Waals surface area contributed by atoms with Gasteiger partial charge in [-0.3, -0.25) is 9.79 Å². The molecule has 2 rings (SSSR count). The Morgan fingerprint density at radius 1 is 1.08 bits per heavy atom. The molecule has 3 N–H and O–H groups in total. The van der Waals surface area contributed by atoms with Gasteiger partial charge in [0.25, 0.3) is 5.91 Å². The van der Waals surface area contributed by atoms with E-state index in [1.807, 2.05) is 55.7 Å². The summed E-state index contributed by atoms with van der Waals surface area (Å²) in [4.78, 5) is 16.3. The highest BCUT2D eigenvalue weighted by atomic mass is 127. The van der Waals surface area contributed by atoms with Crippen molar-refractivity contribution in [2.45, 2.75) is 26.4 Å². The van der Waals surface area contributed by atoms with E-state index in [1.165, 1.54) is 0 Å². The standard InChI is InChI=1S/C19H27N5O.HI/c1-3-9-21-18(25)17-8-6-7-16(14-17)15-23-19(20-2)22-10-13-24-11-4-5-12-24;/h4-8,11-12,14H,3,9-10,13,15H2,1-2H3,(H,21,25)(H2,20,22,23);1H. The molecule has 1 aromatic carbocycles. The van der Waals surface area contributed by atoms with Gasteiger partial charge in [-0.2, -0.15) is 0 Å². The zero-order chi connectivity index (χ0) is 17.9. The Balaban J connectivity index is 0.00000338. The zero-order valence-corrected chi connectivity index (χ0v) is 17.7. The molecule has 0 unspecified atom stereocenters. The Labute approximate surface area is 172 Å². The van der Waals surface area contributed by atoms with Gasteiger partial charge in [-0.1, -0.05) is 19.1 Å². The van der Waals surface area contributed by atoms with Gasteiger partial charge < -0.3 is 20.5 Å². The molecule has 0 fully saturated rings. The fourth-order valence-corrected chi connectivity index (χ4v) is 2.39. The molecule has 0 aliphatic heterocycles. The summed E-state index contributed by atoms with van der Waals surface area (Å²) in [5, 5.41) is 9.45. The molecule has 2 aromatic rings. The van der Waals surface area contributed by atoms with Crippen LogP contribution in [0.25, 0.3) is 0 Å². The highest BCUT2D eigenvalue weighted by Gasteiger charge is 2.05. The van der Waals surface area contributed by atoms with E-state index in [-0.39, 0.29) is 29.9 Å². The Morgan fingerprint density at radius 2 is 1.85 bits per heavy atom. The van der Waals surface area contributed by atoms with Crippen LogP contribution in [-0.4, -0.2) is 36.6 Å². The maximum Gasteiger partial charge on any atom is 0.251 e. The minimum atomic E-state index is -0.0297. The summed E-state index contributed by atoms with van der Waals surface area (Å²) < 4.78 is 2.11. The molecule has 1 heterocycles. The van der Waals surface area contributed by atoms with Crippen LogP contribution in [0.1, 0.15) is 29.3 Å². The SMILES string of the molecule is CCCNC(=O)c1cccc(CNC(=NC)NCCn2cccc2)c1.I. The largest absolute Gasteiger partial charge is 0.355 e. The van der Waals surface area contributed by atoms with Crippen LogP contribution in [0, 0.1) is 0 Å². The van der Waals surface area contributed by atoms with E-state index in [4.69, 9.17) is 0 Å². The zero-order valence-electron chi connectivity index (χ0n) is 15.4. The minimum Gasteiger partial charge on any atom is -0.355 e. The lowest BCUT2D eigenvalue weighted by molar-refractivity contribution is 0.0953. The van der Waals surface area contributed by atoms with Gasteiger partial charge in [-0.25, -0.2) is 0 Å². The van der Waals surface area contributed by atoms with Crippen LogP contribution in [0.4, 0.5) is 0 Å². The second-order valence-corrected chi connectivity index (χ2v) is 5.73. The molecule has 0 saturated heterocycles. The van der Waals surface area contributed by atoms with Crippen LogP contribution in [0.2, 0.25) is 0 Å². The molecule has 0 bridgehead atoms. The summed E-state index contributed by atoms with van der Waals surface area (Å²) in [6.45, 7) is 5.00. The van der Waals surface area contributed by atoms with Crippen molar-refractivity contribution >= 4 is 35.8 Å². The van der Waals surface area contributed by atoms with Gasteiger partial charge in [0.2, 0.25) is 0 Å². The van der Waals surface area contributed by atoms with Crippen molar-refractivity contribution in [3.63, 3.8) is 0 Å². The van der Waals surface area contributed by atoms with Gasteiger partial charge in [0.15, 0.2) is 5.96 Å². The third-order valence-electron chi connectivity index (χ3n) is 3.74. The summed E-state index contributed by atoms with van der Waals surface area (Å²) in [5.41, 5.74) is 1.72. The van der Waals surface area contributed by atoms with E-state index in [9.17, 15) is 4.79 Å². The van der Waals surface area contributed by atoms with E-state index in [1.54, 1.807) is 7.05 Å². The molecule has 142 valence electrons.